The fourth-order valence-corrected chi connectivity index (χ4v) is 3.73. The van der Waals surface area contributed by atoms with E-state index in [0.717, 1.165) is 11.3 Å². The smallest absolute Gasteiger partial charge is 0.163 e. The van der Waals surface area contributed by atoms with Crippen molar-refractivity contribution in [1.29, 1.82) is 0 Å². The van der Waals surface area contributed by atoms with Gasteiger partial charge in [-0.15, -0.1) is 0 Å². The third-order valence-electron chi connectivity index (χ3n) is 2.25. The molecule has 0 saturated carbocycles. The molecule has 0 radical (unpaired) electrons. The molecule has 0 aliphatic heterocycles. The lowest BCUT2D eigenvalue weighted by molar-refractivity contribution is -0.122. The van der Waals surface area contributed by atoms with Crippen LogP contribution in [0.2, 0.25) is 0 Å². The molecule has 0 unspecified atom stereocenters. The van der Waals surface area contributed by atoms with Crippen molar-refractivity contribution in [1.82, 2.24) is 0 Å². The van der Waals surface area contributed by atoms with Crippen LogP contribution in [0.4, 0.5) is 0 Å². The number of Topliss-reactive ketones (excluding diaryl/α,β-unsaturated/α-hetero) is 1. The predicted molar refractivity (Wildman–Crippen MR) is 82.6 cm³/mol. The second-order valence-corrected chi connectivity index (χ2v) is 9.57. The van der Waals surface area contributed by atoms with Crippen LogP contribution in [0.15, 0.2) is 11.1 Å². The number of carbonyl (C=O) groups excluding carboxylic acids is 1. The minimum atomic E-state index is -0.271. The molecular formula is C14H26OS2. The number of carbonyl (C=O) groups is 1. The van der Waals surface area contributed by atoms with E-state index in [0.29, 0.717) is 0 Å². The monoisotopic (exact) mass is 274 g/mol. The van der Waals surface area contributed by atoms with Gasteiger partial charge >= 0.3 is 0 Å². The van der Waals surface area contributed by atoms with Crippen molar-refractivity contribution in [2.24, 2.45) is 5.41 Å². The van der Waals surface area contributed by atoms with E-state index in [4.69, 9.17) is 0 Å². The highest BCUT2D eigenvalue weighted by Gasteiger charge is 2.23. The minimum Gasteiger partial charge on any atom is -0.294 e. The van der Waals surface area contributed by atoms with Gasteiger partial charge in [-0.1, -0.05) is 68.7 Å². The molecule has 0 rings (SSSR count). The second-order valence-electron chi connectivity index (χ2n) is 6.44. The Kier molecular flexibility index (Phi) is 6.37. The van der Waals surface area contributed by atoms with E-state index >= 15 is 0 Å². The number of hydrogen-bond donors (Lipinski definition) is 0. The maximum absolute atomic E-state index is 12.1. The number of rotatable bonds is 4. The Morgan fingerprint density at radius 2 is 1.47 bits per heavy atom. The number of allylic oxidation sites excluding steroid dienone is 1. The highest BCUT2D eigenvalue weighted by molar-refractivity contribution is 8.77. The average Bonchev–Trinajstić information content (AvgIpc) is 2.11. The summed E-state index contributed by atoms with van der Waals surface area (Å²) in [6.45, 7) is 16.6. The molecule has 0 N–H and O–H groups in total. The zero-order valence-corrected chi connectivity index (χ0v) is 14.1. The van der Waals surface area contributed by atoms with E-state index in [-0.39, 0.29) is 15.9 Å². The first kappa shape index (κ1) is 17.1. The van der Waals surface area contributed by atoms with Crippen molar-refractivity contribution in [3.05, 3.63) is 11.1 Å². The standard InChI is InChI=1S/C14H26OS2/c1-10(9-16-17-14(6,7)8)11(2)12(15)13(3,4)5/h9H2,1-8H3/b11-10-. The van der Waals surface area contributed by atoms with Gasteiger partial charge in [0.15, 0.2) is 5.78 Å². The Hall–Kier alpha value is 0.110. The largest absolute Gasteiger partial charge is 0.294 e. The van der Waals surface area contributed by atoms with Gasteiger partial charge in [-0.3, -0.25) is 4.79 Å². The van der Waals surface area contributed by atoms with Crippen molar-refractivity contribution in [3.8, 4) is 0 Å². The van der Waals surface area contributed by atoms with E-state index in [1.54, 1.807) is 0 Å². The van der Waals surface area contributed by atoms with Crippen LogP contribution in [0.25, 0.3) is 0 Å². The van der Waals surface area contributed by atoms with Crippen LogP contribution in [-0.4, -0.2) is 16.3 Å². The molecule has 0 fully saturated rings. The molecule has 0 atom stereocenters. The van der Waals surface area contributed by atoms with Crippen LogP contribution in [-0.2, 0) is 4.79 Å². The molecule has 0 aromatic carbocycles. The molecule has 0 heterocycles. The van der Waals surface area contributed by atoms with Gasteiger partial charge in [0.05, 0.1) is 0 Å². The molecule has 0 bridgehead atoms. The summed E-state index contributed by atoms with van der Waals surface area (Å²) in [6.07, 6.45) is 0. The molecule has 0 saturated heterocycles. The first-order valence-electron chi connectivity index (χ1n) is 5.97. The molecule has 3 heteroatoms. The number of hydrogen-bond acceptors (Lipinski definition) is 3. The SMILES string of the molecule is C/C(CSSC(C)(C)C)=C(\C)C(=O)C(C)(C)C. The highest BCUT2D eigenvalue weighted by Crippen LogP contribution is 2.36. The van der Waals surface area contributed by atoms with Crippen molar-refractivity contribution in [3.63, 3.8) is 0 Å². The molecular weight excluding hydrogens is 248 g/mol. The van der Waals surface area contributed by atoms with Gasteiger partial charge in [0.25, 0.3) is 0 Å². The van der Waals surface area contributed by atoms with Gasteiger partial charge in [0.2, 0.25) is 0 Å². The maximum atomic E-state index is 12.1. The Labute approximate surface area is 115 Å². The van der Waals surface area contributed by atoms with Crippen LogP contribution in [0.5, 0.6) is 0 Å². The molecule has 0 aromatic heterocycles. The molecule has 0 amide bonds. The molecule has 0 aliphatic rings. The third kappa shape index (κ3) is 7.20. The third-order valence-corrected chi connectivity index (χ3v) is 5.62. The quantitative estimate of drug-likeness (QED) is 0.523. The van der Waals surface area contributed by atoms with Crippen LogP contribution < -0.4 is 0 Å². The Bertz CT molecular complexity index is 303. The molecule has 17 heavy (non-hydrogen) atoms. The van der Waals surface area contributed by atoms with Crippen molar-refractivity contribution >= 4 is 27.4 Å². The molecule has 100 valence electrons. The first-order valence-corrected chi connectivity index (χ1v) is 8.29. The summed E-state index contributed by atoms with van der Waals surface area (Å²) in [4.78, 5) is 12.1. The molecule has 0 spiro atoms. The van der Waals surface area contributed by atoms with E-state index in [1.807, 2.05) is 49.3 Å². The van der Waals surface area contributed by atoms with Gasteiger partial charge in [0, 0.05) is 15.9 Å². The fraction of sp³-hybridized carbons (Fsp3) is 0.786. The Morgan fingerprint density at radius 3 is 1.82 bits per heavy atom. The van der Waals surface area contributed by atoms with Gasteiger partial charge < -0.3 is 0 Å². The van der Waals surface area contributed by atoms with Gasteiger partial charge in [0.1, 0.15) is 0 Å². The second kappa shape index (κ2) is 6.33. The molecule has 1 nitrogen and oxygen atoms in total. The topological polar surface area (TPSA) is 17.1 Å². The van der Waals surface area contributed by atoms with Crippen LogP contribution in [0.1, 0.15) is 55.4 Å². The first-order chi connectivity index (χ1) is 7.45. The van der Waals surface area contributed by atoms with Crippen LogP contribution >= 0.6 is 21.6 Å². The average molecular weight is 274 g/mol. The van der Waals surface area contributed by atoms with Crippen molar-refractivity contribution < 1.29 is 4.79 Å². The van der Waals surface area contributed by atoms with Crippen LogP contribution in [0, 0.1) is 5.41 Å². The lowest BCUT2D eigenvalue weighted by atomic mass is 9.85. The zero-order valence-electron chi connectivity index (χ0n) is 12.4. The van der Waals surface area contributed by atoms with E-state index in [2.05, 4.69) is 27.7 Å². The maximum Gasteiger partial charge on any atom is 0.163 e. The van der Waals surface area contributed by atoms with E-state index in [1.165, 1.54) is 5.57 Å². The lowest BCUT2D eigenvalue weighted by Crippen LogP contribution is -2.22. The normalized spacial score (nSPS) is 14.6. The summed E-state index contributed by atoms with van der Waals surface area (Å²) in [6, 6.07) is 0. The Morgan fingerprint density at radius 1 is 1.00 bits per heavy atom. The van der Waals surface area contributed by atoms with Crippen LogP contribution in [0.3, 0.4) is 0 Å². The highest BCUT2D eigenvalue weighted by atomic mass is 33.1. The minimum absolute atomic E-state index is 0.261. The number of ketones is 1. The van der Waals surface area contributed by atoms with E-state index in [9.17, 15) is 4.79 Å². The van der Waals surface area contributed by atoms with Gasteiger partial charge in [-0.2, -0.15) is 0 Å². The molecule has 0 aliphatic carbocycles. The zero-order chi connectivity index (χ0) is 13.9. The fourth-order valence-electron chi connectivity index (χ4n) is 1.16. The summed E-state index contributed by atoms with van der Waals surface area (Å²) in [7, 11) is 3.70. The summed E-state index contributed by atoms with van der Waals surface area (Å²) >= 11 is 0. The van der Waals surface area contributed by atoms with Gasteiger partial charge in [-0.05, 0) is 19.4 Å². The van der Waals surface area contributed by atoms with Crippen molar-refractivity contribution in [2.45, 2.75) is 60.1 Å². The summed E-state index contributed by atoms with van der Waals surface area (Å²) < 4.78 is 0.271. The Balaban J connectivity index is 4.47. The van der Waals surface area contributed by atoms with E-state index < -0.39 is 0 Å². The predicted octanol–water partition coefficient (Wildman–Crippen LogP) is 5.12. The summed E-state index contributed by atoms with van der Waals surface area (Å²) in [5.41, 5.74) is 1.86. The molecule has 0 aromatic rings. The lowest BCUT2D eigenvalue weighted by Gasteiger charge is -2.20. The summed E-state index contributed by atoms with van der Waals surface area (Å²) in [5, 5.41) is 0. The summed E-state index contributed by atoms with van der Waals surface area (Å²) in [5.74, 6) is 1.19. The van der Waals surface area contributed by atoms with Gasteiger partial charge in [-0.25, -0.2) is 0 Å². The van der Waals surface area contributed by atoms with Crippen molar-refractivity contribution in [2.75, 3.05) is 5.75 Å².